The zero-order valence-corrected chi connectivity index (χ0v) is 12.6. The van der Waals surface area contributed by atoms with E-state index in [9.17, 15) is 0 Å². The molecule has 1 fully saturated rings. The van der Waals surface area contributed by atoms with Crippen molar-refractivity contribution in [2.75, 3.05) is 33.4 Å². The Bertz CT molecular complexity index is 411. The van der Waals surface area contributed by atoms with Crippen molar-refractivity contribution in [1.82, 2.24) is 10.2 Å². The molecule has 3 nitrogen and oxygen atoms in total. The molecule has 1 aromatic carbocycles. The van der Waals surface area contributed by atoms with Gasteiger partial charge in [0.15, 0.2) is 0 Å². The number of likely N-dealkylation sites (N-methyl/N-ethyl adjacent to an activating group) is 1. The molecule has 1 aliphatic rings. The molecule has 2 rings (SSSR count). The van der Waals surface area contributed by atoms with E-state index < -0.39 is 0 Å². The Morgan fingerprint density at radius 2 is 1.84 bits per heavy atom. The molecule has 0 aromatic heterocycles. The maximum Gasteiger partial charge on any atom is 0.0594 e. The van der Waals surface area contributed by atoms with Crippen LogP contribution in [0, 0.1) is 6.92 Å². The summed E-state index contributed by atoms with van der Waals surface area (Å²) in [5.41, 5.74) is 2.81. The number of aryl methyl sites for hydroxylation is 1. The predicted octanol–water partition coefficient (Wildman–Crippen LogP) is 2.37. The smallest absolute Gasteiger partial charge is 0.0594 e. The van der Waals surface area contributed by atoms with E-state index in [1.165, 1.54) is 11.1 Å². The highest BCUT2D eigenvalue weighted by atomic mass is 16.5. The van der Waals surface area contributed by atoms with Gasteiger partial charge in [-0.15, -0.1) is 0 Å². The van der Waals surface area contributed by atoms with Crippen LogP contribution in [0.4, 0.5) is 0 Å². The summed E-state index contributed by atoms with van der Waals surface area (Å²) in [6.07, 6.45) is 0. The number of rotatable bonds is 4. The highest BCUT2D eigenvalue weighted by Crippen LogP contribution is 2.32. The summed E-state index contributed by atoms with van der Waals surface area (Å²) in [6, 6.07) is 8.98. The Morgan fingerprint density at radius 1 is 1.21 bits per heavy atom. The third kappa shape index (κ3) is 2.99. The molecule has 106 valence electrons. The van der Waals surface area contributed by atoms with Crippen LogP contribution >= 0.6 is 0 Å². The Kier molecular flexibility index (Phi) is 4.61. The predicted molar refractivity (Wildman–Crippen MR) is 79.5 cm³/mol. The summed E-state index contributed by atoms with van der Waals surface area (Å²) in [5, 5.41) is 3.51. The Labute approximate surface area is 116 Å². The third-order valence-electron chi connectivity index (χ3n) is 4.32. The normalized spacial score (nSPS) is 19.4. The maximum atomic E-state index is 5.48. The largest absolute Gasteiger partial charge is 0.379 e. The van der Waals surface area contributed by atoms with Gasteiger partial charge in [-0.2, -0.15) is 0 Å². The van der Waals surface area contributed by atoms with Crippen LogP contribution in [0.15, 0.2) is 24.3 Å². The van der Waals surface area contributed by atoms with Gasteiger partial charge in [0, 0.05) is 18.6 Å². The highest BCUT2D eigenvalue weighted by molar-refractivity contribution is 5.31. The second kappa shape index (κ2) is 6.04. The van der Waals surface area contributed by atoms with Gasteiger partial charge in [0.1, 0.15) is 0 Å². The van der Waals surface area contributed by atoms with Gasteiger partial charge < -0.3 is 10.1 Å². The van der Waals surface area contributed by atoms with Crippen molar-refractivity contribution in [2.45, 2.75) is 32.4 Å². The lowest BCUT2D eigenvalue weighted by Gasteiger charge is -2.46. The maximum absolute atomic E-state index is 5.48. The molecule has 1 heterocycles. The minimum atomic E-state index is 0.0741. The van der Waals surface area contributed by atoms with Crippen LogP contribution in [0.2, 0.25) is 0 Å². The Morgan fingerprint density at radius 3 is 2.42 bits per heavy atom. The number of nitrogens with one attached hydrogen (secondary N) is 1. The van der Waals surface area contributed by atoms with Crippen LogP contribution in [-0.2, 0) is 4.74 Å². The first kappa shape index (κ1) is 14.5. The lowest BCUT2D eigenvalue weighted by Crippen LogP contribution is -2.55. The van der Waals surface area contributed by atoms with Crippen molar-refractivity contribution in [3.05, 3.63) is 35.4 Å². The van der Waals surface area contributed by atoms with E-state index in [-0.39, 0.29) is 5.54 Å². The molecule has 0 amide bonds. The Balaban J connectivity index is 2.27. The van der Waals surface area contributed by atoms with Gasteiger partial charge >= 0.3 is 0 Å². The van der Waals surface area contributed by atoms with Gasteiger partial charge in [0.25, 0.3) is 0 Å². The number of ether oxygens (including phenoxy) is 1. The number of morpholine rings is 1. The summed E-state index contributed by atoms with van der Waals surface area (Å²) in [4.78, 5) is 2.53. The zero-order chi connectivity index (χ0) is 13.9. The van der Waals surface area contributed by atoms with E-state index in [1.54, 1.807) is 0 Å². The second-order valence-electron chi connectivity index (χ2n) is 5.83. The lowest BCUT2D eigenvalue weighted by molar-refractivity contribution is -0.0229. The van der Waals surface area contributed by atoms with Crippen molar-refractivity contribution < 1.29 is 4.74 Å². The van der Waals surface area contributed by atoms with Crippen LogP contribution in [0.25, 0.3) is 0 Å². The average molecular weight is 262 g/mol. The monoisotopic (exact) mass is 262 g/mol. The van der Waals surface area contributed by atoms with E-state index in [0.717, 1.165) is 26.3 Å². The molecule has 3 heteroatoms. The van der Waals surface area contributed by atoms with Crippen LogP contribution in [0.3, 0.4) is 0 Å². The molecule has 1 aromatic rings. The van der Waals surface area contributed by atoms with E-state index >= 15 is 0 Å². The summed E-state index contributed by atoms with van der Waals surface area (Å²) in [6.45, 7) is 10.5. The first-order valence-electron chi connectivity index (χ1n) is 7.13. The van der Waals surface area contributed by atoms with Gasteiger partial charge in [-0.1, -0.05) is 24.3 Å². The van der Waals surface area contributed by atoms with Gasteiger partial charge in [0.2, 0.25) is 0 Å². The van der Waals surface area contributed by atoms with Crippen molar-refractivity contribution in [3.63, 3.8) is 0 Å². The molecule has 1 unspecified atom stereocenters. The summed E-state index contributed by atoms with van der Waals surface area (Å²) in [7, 11) is 2.05. The molecule has 0 bridgehead atoms. The quantitative estimate of drug-likeness (QED) is 0.901. The standard InChI is InChI=1S/C16H26N2O/c1-13-7-5-6-8-14(13)15(17-4)16(2,3)18-9-11-19-12-10-18/h5-8,15,17H,9-12H2,1-4H3. The number of benzene rings is 1. The van der Waals surface area contributed by atoms with Crippen LogP contribution < -0.4 is 5.32 Å². The summed E-state index contributed by atoms with van der Waals surface area (Å²) < 4.78 is 5.48. The first-order valence-corrected chi connectivity index (χ1v) is 7.13. The molecule has 0 spiro atoms. The van der Waals surface area contributed by atoms with Crippen LogP contribution in [-0.4, -0.2) is 43.8 Å². The fourth-order valence-corrected chi connectivity index (χ4v) is 3.12. The summed E-state index contributed by atoms with van der Waals surface area (Å²) in [5.74, 6) is 0. The fourth-order valence-electron chi connectivity index (χ4n) is 3.12. The minimum Gasteiger partial charge on any atom is -0.379 e. The van der Waals surface area contributed by atoms with E-state index in [1.807, 2.05) is 0 Å². The van der Waals surface area contributed by atoms with E-state index in [0.29, 0.717) is 6.04 Å². The van der Waals surface area contributed by atoms with Crippen molar-refractivity contribution in [3.8, 4) is 0 Å². The zero-order valence-electron chi connectivity index (χ0n) is 12.6. The minimum absolute atomic E-state index is 0.0741. The van der Waals surface area contributed by atoms with Crippen molar-refractivity contribution >= 4 is 0 Å². The van der Waals surface area contributed by atoms with Gasteiger partial charge in [-0.25, -0.2) is 0 Å². The van der Waals surface area contributed by atoms with Gasteiger partial charge in [-0.05, 0) is 38.9 Å². The molecular formula is C16H26N2O. The molecule has 1 saturated heterocycles. The number of hydrogen-bond acceptors (Lipinski definition) is 3. The fraction of sp³-hybridized carbons (Fsp3) is 0.625. The third-order valence-corrected chi connectivity index (χ3v) is 4.32. The molecule has 1 aliphatic heterocycles. The van der Waals surface area contributed by atoms with Gasteiger partial charge in [0.05, 0.1) is 19.3 Å². The molecule has 0 aliphatic carbocycles. The van der Waals surface area contributed by atoms with Crippen LogP contribution in [0.1, 0.15) is 31.0 Å². The highest BCUT2D eigenvalue weighted by Gasteiger charge is 2.36. The van der Waals surface area contributed by atoms with E-state index in [2.05, 4.69) is 62.3 Å². The SMILES string of the molecule is CNC(c1ccccc1C)C(C)(C)N1CCOCC1. The molecule has 0 radical (unpaired) electrons. The molecular weight excluding hydrogens is 236 g/mol. The second-order valence-corrected chi connectivity index (χ2v) is 5.83. The Hall–Kier alpha value is -0.900. The van der Waals surface area contributed by atoms with Crippen molar-refractivity contribution in [2.24, 2.45) is 0 Å². The lowest BCUT2D eigenvalue weighted by atomic mass is 9.84. The molecule has 1 atom stereocenters. The van der Waals surface area contributed by atoms with Crippen LogP contribution in [0.5, 0.6) is 0 Å². The number of hydrogen-bond donors (Lipinski definition) is 1. The first-order chi connectivity index (χ1) is 9.07. The number of nitrogens with zero attached hydrogens (tertiary/aromatic N) is 1. The van der Waals surface area contributed by atoms with E-state index in [4.69, 9.17) is 4.74 Å². The molecule has 0 saturated carbocycles. The molecule has 1 N–H and O–H groups in total. The topological polar surface area (TPSA) is 24.5 Å². The van der Waals surface area contributed by atoms with Gasteiger partial charge in [-0.3, -0.25) is 4.90 Å². The average Bonchev–Trinajstić information content (AvgIpc) is 2.42. The van der Waals surface area contributed by atoms with Crippen molar-refractivity contribution in [1.29, 1.82) is 0 Å². The summed E-state index contributed by atoms with van der Waals surface area (Å²) >= 11 is 0. The molecule has 19 heavy (non-hydrogen) atoms.